The van der Waals surface area contributed by atoms with Crippen molar-refractivity contribution >= 4 is 47.1 Å². The molecule has 0 saturated carbocycles. The summed E-state index contributed by atoms with van der Waals surface area (Å²) < 4.78 is 1.64. The second kappa shape index (κ2) is 17.2. The van der Waals surface area contributed by atoms with Gasteiger partial charge in [0.2, 0.25) is 0 Å². The van der Waals surface area contributed by atoms with Crippen LogP contribution < -0.4 is 29.2 Å². The zero-order valence-corrected chi connectivity index (χ0v) is 32.0. The minimum atomic E-state index is -0.627. The first kappa shape index (κ1) is 35.1. The molecule has 2 aliphatic carbocycles. The van der Waals surface area contributed by atoms with E-state index in [-0.39, 0.29) is 24.8 Å². The average molecular weight is 825 g/mol. The van der Waals surface area contributed by atoms with Gasteiger partial charge in [-0.3, -0.25) is 12.2 Å². The van der Waals surface area contributed by atoms with Crippen molar-refractivity contribution in [2.75, 3.05) is 0 Å². The van der Waals surface area contributed by atoms with E-state index in [0.29, 0.717) is 0 Å². The Kier molecular flexibility index (Phi) is 14.0. The van der Waals surface area contributed by atoms with E-state index in [1.165, 1.54) is 76.2 Å². The molecule has 0 fully saturated rings. The van der Waals surface area contributed by atoms with Gasteiger partial charge in [0, 0.05) is 0 Å². The molecule has 5 aromatic carbocycles. The van der Waals surface area contributed by atoms with Gasteiger partial charge < -0.3 is 24.8 Å². The van der Waals surface area contributed by atoms with E-state index in [1.807, 2.05) is 0 Å². The van der Waals surface area contributed by atoms with Crippen molar-refractivity contribution in [1.29, 1.82) is 0 Å². The van der Waals surface area contributed by atoms with Crippen LogP contribution in [0.15, 0.2) is 139 Å². The molecule has 0 unspecified atom stereocenters. The zero-order valence-electron chi connectivity index (χ0n) is 24.8. The molecule has 214 valence electrons. The second-order valence-corrected chi connectivity index (χ2v) is 28.1. The molecule has 0 radical (unpaired) electrons. The summed E-state index contributed by atoms with van der Waals surface area (Å²) in [6.07, 6.45) is 13.1. The topological polar surface area (TPSA) is 0 Å². The van der Waals surface area contributed by atoms with Gasteiger partial charge in [-0.2, -0.15) is 23.3 Å². The maximum atomic E-state index is 3.36. The van der Waals surface area contributed by atoms with Crippen LogP contribution in [0.3, 0.4) is 0 Å². The molecular formula is C39H34Cl2GeHf-2. The van der Waals surface area contributed by atoms with Crippen molar-refractivity contribution in [2.45, 2.75) is 32.4 Å². The van der Waals surface area contributed by atoms with Crippen LogP contribution in [0.2, 0.25) is 5.76 Å². The monoisotopic (exact) mass is 826 g/mol. The van der Waals surface area contributed by atoms with Crippen LogP contribution >= 0.6 is 0 Å². The van der Waals surface area contributed by atoms with Gasteiger partial charge in [0.25, 0.3) is 0 Å². The first-order chi connectivity index (χ1) is 20.0. The van der Waals surface area contributed by atoms with E-state index in [0.717, 1.165) is 12.8 Å². The summed E-state index contributed by atoms with van der Waals surface area (Å²) in [6.45, 7) is 4.28. The summed E-state index contributed by atoms with van der Waals surface area (Å²) in [5.74, 6) is 2.43. The molecule has 0 N–H and O–H groups in total. The van der Waals surface area contributed by atoms with Gasteiger partial charge in [0.1, 0.15) is 0 Å². The molecule has 0 amide bonds. The average Bonchev–Trinajstić information content (AvgIpc) is 3.65. The molecule has 2 aliphatic rings. The van der Waals surface area contributed by atoms with E-state index in [1.54, 1.807) is 4.40 Å². The van der Waals surface area contributed by atoms with Crippen LogP contribution in [0.4, 0.5) is 0 Å². The van der Waals surface area contributed by atoms with Crippen LogP contribution in [-0.2, 0) is 21.3 Å². The van der Waals surface area contributed by atoms with Crippen molar-refractivity contribution in [2.24, 2.45) is 0 Å². The molecule has 0 heterocycles. The van der Waals surface area contributed by atoms with Crippen molar-refractivity contribution in [3.63, 3.8) is 0 Å². The standard InChI is InChI=1S/2C16H13.C7H8Ge.2ClH.Hf/c2*1-12-6-4-10-14(12)16-11-5-8-13-7-2-3-9-15(13)16;1-8-7-5-3-2-4-6-7;;;/h2*2-3,5,7-11H,4H2,1H3;2-6H,1H3;2*1H;/q2*-1;;;;+2/p-2. The molecule has 0 nitrogen and oxygen atoms in total. The number of fused-ring (bicyclic) bond motifs is 2. The Bertz CT molecular complexity index is 1710. The van der Waals surface area contributed by atoms with Crippen LogP contribution in [-0.4, -0.2) is 10.1 Å². The minimum Gasteiger partial charge on any atom is -1.00 e. The smallest absolute Gasteiger partial charge is 1.00 e. The van der Waals surface area contributed by atoms with Gasteiger partial charge >= 0.3 is 71.8 Å². The van der Waals surface area contributed by atoms with Crippen LogP contribution in [0, 0.1) is 12.2 Å². The van der Waals surface area contributed by atoms with Gasteiger partial charge in [-0.15, -0.1) is 12.8 Å². The Labute approximate surface area is 285 Å². The third-order valence-corrected chi connectivity index (χ3v) is 15.4. The first-order valence-electron chi connectivity index (χ1n) is 14.2. The summed E-state index contributed by atoms with van der Waals surface area (Å²) in [7, 11) is -0.627. The SMILES string of the molecule is CC1=[C-]CC=C1c1cccc2ccccc12.CC1=[C-]CC=C1c1cccc2ccccc12.[CH3][Ge](=[Hf+2])[c]1ccccc1.[Cl-].[Cl-]. The molecule has 0 saturated heterocycles. The van der Waals surface area contributed by atoms with Gasteiger partial charge in [-0.1, -0.05) is 110 Å². The van der Waals surface area contributed by atoms with Crippen LogP contribution in [0.1, 0.15) is 37.8 Å². The van der Waals surface area contributed by atoms with Crippen molar-refractivity contribution in [1.82, 2.24) is 0 Å². The molecule has 0 bridgehead atoms. The third-order valence-electron chi connectivity index (χ3n) is 7.52. The molecule has 43 heavy (non-hydrogen) atoms. The number of halogens is 2. The Balaban J connectivity index is 0.000000180. The van der Waals surface area contributed by atoms with Crippen LogP contribution in [0.25, 0.3) is 32.7 Å². The zero-order chi connectivity index (χ0) is 28.6. The molecule has 4 heteroatoms. The predicted molar refractivity (Wildman–Crippen MR) is 176 cm³/mol. The van der Waals surface area contributed by atoms with Crippen LogP contribution in [0.5, 0.6) is 0 Å². The molecule has 0 aliphatic heterocycles. The fraction of sp³-hybridized carbons (Fsp3) is 0.128. The summed E-state index contributed by atoms with van der Waals surface area (Å²) >= 11 is 1.42. The number of rotatable bonds is 3. The van der Waals surface area contributed by atoms with Gasteiger partial charge in [0.15, 0.2) is 0 Å². The maximum absolute atomic E-state index is 3.36. The summed E-state index contributed by atoms with van der Waals surface area (Å²) in [4.78, 5) is 0. The number of hydrogen-bond acceptors (Lipinski definition) is 0. The Hall–Kier alpha value is -2.43. The Morgan fingerprint density at radius 1 is 0.535 bits per heavy atom. The molecule has 0 atom stereocenters. The molecule has 7 rings (SSSR count). The molecule has 5 aromatic rings. The molecular weight excluding hydrogens is 790 g/mol. The minimum absolute atomic E-state index is 0. The van der Waals surface area contributed by atoms with Crippen molar-refractivity contribution in [3.8, 4) is 0 Å². The Morgan fingerprint density at radius 3 is 1.30 bits per heavy atom. The first-order valence-corrected chi connectivity index (χ1v) is 27.7. The third kappa shape index (κ3) is 8.82. The quantitative estimate of drug-likeness (QED) is 0.192. The van der Waals surface area contributed by atoms with Crippen molar-refractivity contribution in [3.05, 3.63) is 162 Å². The summed E-state index contributed by atoms with van der Waals surface area (Å²) in [5.41, 5.74) is 7.91. The van der Waals surface area contributed by atoms with Crippen molar-refractivity contribution < 1.29 is 46.1 Å². The fourth-order valence-corrected chi connectivity index (χ4v) is 9.91. The van der Waals surface area contributed by atoms with E-state index in [2.05, 4.69) is 159 Å². The maximum Gasteiger partial charge on any atom is -1.00 e. The molecule has 0 spiro atoms. The second-order valence-electron chi connectivity index (χ2n) is 10.3. The van der Waals surface area contributed by atoms with E-state index in [9.17, 15) is 0 Å². The molecule has 0 aromatic heterocycles. The van der Waals surface area contributed by atoms with Gasteiger partial charge in [0.05, 0.1) is 0 Å². The van der Waals surface area contributed by atoms with E-state index < -0.39 is 10.1 Å². The van der Waals surface area contributed by atoms with Gasteiger partial charge in [-0.05, 0) is 21.5 Å². The largest absolute Gasteiger partial charge is 1.00 e. The number of allylic oxidation sites excluding steroid dienone is 8. The summed E-state index contributed by atoms with van der Waals surface area (Å²) in [6, 6.07) is 41.0. The van der Waals surface area contributed by atoms with Gasteiger partial charge in [-0.25, -0.2) is 11.1 Å². The van der Waals surface area contributed by atoms with E-state index >= 15 is 0 Å². The summed E-state index contributed by atoms with van der Waals surface area (Å²) in [5, 5.41) is 5.28. The number of hydrogen-bond donors (Lipinski definition) is 0. The number of benzene rings is 5. The Morgan fingerprint density at radius 2 is 0.930 bits per heavy atom. The predicted octanol–water partition coefficient (Wildman–Crippen LogP) is 3.82. The van der Waals surface area contributed by atoms with E-state index in [4.69, 9.17) is 0 Å². The normalized spacial score (nSPS) is 13.1. The fourth-order valence-electron chi connectivity index (χ4n) is 5.34.